The van der Waals surface area contributed by atoms with E-state index in [1.54, 1.807) is 0 Å². The van der Waals surface area contributed by atoms with Crippen molar-refractivity contribution in [1.82, 2.24) is 4.90 Å². The molecule has 0 radical (unpaired) electrons. The number of para-hydroxylation sites is 1. The van der Waals surface area contributed by atoms with Crippen molar-refractivity contribution in [2.24, 2.45) is 11.8 Å². The summed E-state index contributed by atoms with van der Waals surface area (Å²) in [7, 11) is 0. The predicted molar refractivity (Wildman–Crippen MR) is 81.8 cm³/mol. The molecule has 3 rings (SSSR count). The first-order chi connectivity index (χ1) is 9.56. The summed E-state index contributed by atoms with van der Waals surface area (Å²) in [5, 5.41) is 3.48. The van der Waals surface area contributed by atoms with Crippen LogP contribution in [0.4, 0.5) is 5.69 Å². The second kappa shape index (κ2) is 5.12. The van der Waals surface area contributed by atoms with Crippen LogP contribution in [0.1, 0.15) is 38.7 Å². The lowest BCUT2D eigenvalue weighted by atomic mass is 9.86. The number of anilines is 1. The molecule has 2 aliphatic heterocycles. The molecule has 1 amide bonds. The summed E-state index contributed by atoms with van der Waals surface area (Å²) in [6.45, 7) is 8.49. The van der Waals surface area contributed by atoms with Crippen molar-refractivity contribution < 1.29 is 4.79 Å². The van der Waals surface area contributed by atoms with Gasteiger partial charge >= 0.3 is 0 Å². The van der Waals surface area contributed by atoms with Gasteiger partial charge in [0.1, 0.15) is 0 Å². The quantitative estimate of drug-likeness (QED) is 0.852. The predicted octanol–water partition coefficient (Wildman–Crippen LogP) is 3.09. The van der Waals surface area contributed by atoms with Crippen LogP contribution in [0, 0.1) is 11.8 Å². The number of fused-ring (bicyclic) bond motifs is 1. The molecule has 4 unspecified atom stereocenters. The average Bonchev–Trinajstić information content (AvgIpc) is 2.77. The maximum Gasteiger partial charge on any atom is 0.230 e. The van der Waals surface area contributed by atoms with Crippen LogP contribution in [0.15, 0.2) is 24.3 Å². The van der Waals surface area contributed by atoms with Crippen molar-refractivity contribution in [3.63, 3.8) is 0 Å². The van der Waals surface area contributed by atoms with E-state index < -0.39 is 0 Å². The van der Waals surface area contributed by atoms with Crippen molar-refractivity contribution in [2.45, 2.75) is 39.2 Å². The van der Waals surface area contributed by atoms with Crippen LogP contribution >= 0.6 is 0 Å². The molecular weight excluding hydrogens is 248 g/mol. The summed E-state index contributed by atoms with van der Waals surface area (Å²) < 4.78 is 0. The van der Waals surface area contributed by atoms with Gasteiger partial charge in [0.05, 0.1) is 5.92 Å². The van der Waals surface area contributed by atoms with Gasteiger partial charge in [-0.25, -0.2) is 0 Å². The van der Waals surface area contributed by atoms with Gasteiger partial charge in [-0.05, 0) is 36.8 Å². The highest BCUT2D eigenvalue weighted by Gasteiger charge is 2.36. The summed E-state index contributed by atoms with van der Waals surface area (Å²) in [6, 6.07) is 8.61. The van der Waals surface area contributed by atoms with Crippen LogP contribution in [-0.2, 0) is 4.79 Å². The first-order valence-electron chi connectivity index (χ1n) is 7.70. The van der Waals surface area contributed by atoms with Crippen LogP contribution in [0.25, 0.3) is 0 Å². The van der Waals surface area contributed by atoms with Gasteiger partial charge < -0.3 is 10.2 Å². The van der Waals surface area contributed by atoms with E-state index in [-0.39, 0.29) is 5.92 Å². The Bertz CT molecular complexity index is 503. The lowest BCUT2D eigenvalue weighted by Crippen LogP contribution is -2.38. The van der Waals surface area contributed by atoms with Gasteiger partial charge in [-0.2, -0.15) is 0 Å². The highest BCUT2D eigenvalue weighted by Crippen LogP contribution is 2.36. The average molecular weight is 272 g/mol. The molecule has 20 heavy (non-hydrogen) atoms. The second-order valence-corrected chi connectivity index (χ2v) is 6.62. The largest absolute Gasteiger partial charge is 0.382 e. The minimum absolute atomic E-state index is 0.0277. The molecule has 0 saturated carbocycles. The van der Waals surface area contributed by atoms with E-state index in [2.05, 4.69) is 43.1 Å². The summed E-state index contributed by atoms with van der Waals surface area (Å²) in [5.41, 5.74) is 2.30. The van der Waals surface area contributed by atoms with Gasteiger partial charge in [0, 0.05) is 24.8 Å². The molecule has 0 bridgehead atoms. The normalized spacial score (nSPS) is 32.6. The van der Waals surface area contributed by atoms with Crippen LogP contribution < -0.4 is 5.32 Å². The molecule has 1 aromatic carbocycles. The Balaban J connectivity index is 1.85. The molecule has 2 heterocycles. The number of amides is 1. The van der Waals surface area contributed by atoms with Gasteiger partial charge in [0.15, 0.2) is 0 Å². The molecule has 0 spiro atoms. The molecule has 1 aromatic rings. The SMILES string of the molecule is CC1CC(C(=O)N2CC(C)C(C)C2)c2ccccc2N1. The van der Waals surface area contributed by atoms with Gasteiger partial charge in [-0.1, -0.05) is 32.0 Å². The smallest absolute Gasteiger partial charge is 0.230 e. The highest BCUT2D eigenvalue weighted by molar-refractivity contribution is 5.86. The van der Waals surface area contributed by atoms with Crippen LogP contribution in [0.3, 0.4) is 0 Å². The van der Waals surface area contributed by atoms with Crippen molar-refractivity contribution in [1.29, 1.82) is 0 Å². The fourth-order valence-electron chi connectivity index (χ4n) is 3.50. The number of nitrogens with one attached hydrogen (secondary N) is 1. The molecule has 0 aromatic heterocycles. The summed E-state index contributed by atoms with van der Waals surface area (Å²) >= 11 is 0. The summed E-state index contributed by atoms with van der Waals surface area (Å²) in [5.74, 6) is 1.59. The lowest BCUT2D eigenvalue weighted by Gasteiger charge is -2.33. The van der Waals surface area contributed by atoms with Crippen molar-refractivity contribution in [3.05, 3.63) is 29.8 Å². The van der Waals surface area contributed by atoms with Gasteiger partial charge in [0.25, 0.3) is 0 Å². The van der Waals surface area contributed by atoms with Gasteiger partial charge in [-0.3, -0.25) is 4.79 Å². The van der Waals surface area contributed by atoms with Crippen LogP contribution in [0.5, 0.6) is 0 Å². The number of hydrogen-bond donors (Lipinski definition) is 1. The number of benzene rings is 1. The number of rotatable bonds is 1. The van der Waals surface area contributed by atoms with Crippen molar-refractivity contribution in [2.75, 3.05) is 18.4 Å². The van der Waals surface area contributed by atoms with E-state index in [0.717, 1.165) is 25.2 Å². The number of nitrogens with zero attached hydrogens (tertiary/aromatic N) is 1. The third kappa shape index (κ3) is 2.30. The Labute approximate surface area is 121 Å². The molecule has 108 valence electrons. The topological polar surface area (TPSA) is 32.3 Å². The Kier molecular flexibility index (Phi) is 3.45. The lowest BCUT2D eigenvalue weighted by molar-refractivity contribution is -0.132. The first kappa shape index (κ1) is 13.5. The van der Waals surface area contributed by atoms with Gasteiger partial charge in [-0.15, -0.1) is 0 Å². The maximum absolute atomic E-state index is 12.9. The Hall–Kier alpha value is -1.51. The number of carbonyl (C=O) groups is 1. The molecule has 1 saturated heterocycles. The minimum atomic E-state index is 0.0277. The molecule has 1 N–H and O–H groups in total. The Morgan fingerprint density at radius 1 is 1.15 bits per heavy atom. The third-order valence-corrected chi connectivity index (χ3v) is 4.93. The molecule has 4 atom stereocenters. The standard InChI is InChI=1S/C17H24N2O/c1-11-9-19(10-12(11)2)17(20)15-8-13(3)18-16-7-5-4-6-14(15)16/h4-7,11-13,15,18H,8-10H2,1-3H3. The molecule has 2 aliphatic rings. The number of carbonyl (C=O) groups excluding carboxylic acids is 1. The zero-order valence-corrected chi connectivity index (χ0v) is 12.6. The monoisotopic (exact) mass is 272 g/mol. The van der Waals surface area contributed by atoms with E-state index in [4.69, 9.17) is 0 Å². The number of hydrogen-bond acceptors (Lipinski definition) is 2. The molecule has 1 fully saturated rings. The fraction of sp³-hybridized carbons (Fsp3) is 0.588. The van der Waals surface area contributed by atoms with E-state index in [0.29, 0.717) is 23.8 Å². The molecular formula is C17H24N2O. The molecule has 3 heteroatoms. The van der Waals surface area contributed by atoms with Crippen LogP contribution in [0.2, 0.25) is 0 Å². The summed E-state index contributed by atoms with van der Waals surface area (Å²) in [6.07, 6.45) is 0.898. The fourth-order valence-corrected chi connectivity index (χ4v) is 3.50. The van der Waals surface area contributed by atoms with Crippen LogP contribution in [-0.4, -0.2) is 29.9 Å². The van der Waals surface area contributed by atoms with Gasteiger partial charge in [0.2, 0.25) is 5.91 Å². The van der Waals surface area contributed by atoms with E-state index >= 15 is 0 Å². The van der Waals surface area contributed by atoms with E-state index in [1.165, 1.54) is 5.56 Å². The zero-order chi connectivity index (χ0) is 14.3. The first-order valence-corrected chi connectivity index (χ1v) is 7.70. The minimum Gasteiger partial charge on any atom is -0.382 e. The molecule has 3 nitrogen and oxygen atoms in total. The van der Waals surface area contributed by atoms with E-state index in [1.807, 2.05) is 12.1 Å². The Morgan fingerprint density at radius 3 is 2.50 bits per heavy atom. The maximum atomic E-state index is 12.9. The highest BCUT2D eigenvalue weighted by atomic mass is 16.2. The van der Waals surface area contributed by atoms with Crippen molar-refractivity contribution >= 4 is 11.6 Å². The third-order valence-electron chi connectivity index (χ3n) is 4.93. The zero-order valence-electron chi connectivity index (χ0n) is 12.6. The van der Waals surface area contributed by atoms with Crippen molar-refractivity contribution in [3.8, 4) is 0 Å². The van der Waals surface area contributed by atoms with E-state index in [9.17, 15) is 4.79 Å². The number of likely N-dealkylation sites (tertiary alicyclic amines) is 1. The Morgan fingerprint density at radius 2 is 1.80 bits per heavy atom. The second-order valence-electron chi connectivity index (χ2n) is 6.62. The molecule has 0 aliphatic carbocycles. The summed E-state index contributed by atoms with van der Waals surface area (Å²) in [4.78, 5) is 15.0.